The van der Waals surface area contributed by atoms with E-state index in [0.29, 0.717) is 18.1 Å². The first-order valence-electron chi connectivity index (χ1n) is 8.83. The van der Waals surface area contributed by atoms with Gasteiger partial charge in [0, 0.05) is 22.6 Å². The minimum absolute atomic E-state index is 0.0410. The quantitative estimate of drug-likeness (QED) is 0.680. The number of rotatable bonds is 8. The van der Waals surface area contributed by atoms with E-state index in [0.717, 1.165) is 36.7 Å². The van der Waals surface area contributed by atoms with Crippen molar-refractivity contribution in [3.63, 3.8) is 0 Å². The van der Waals surface area contributed by atoms with Gasteiger partial charge in [0.1, 0.15) is 0 Å². The number of carbonyl (C=O) groups excluding carboxylic acids is 1. The summed E-state index contributed by atoms with van der Waals surface area (Å²) in [6.45, 7) is 12.0. The Morgan fingerprint density at radius 1 is 1.04 bits per heavy atom. The number of quaternary nitrogens is 1. The van der Waals surface area contributed by atoms with Gasteiger partial charge in [-0.25, -0.2) is 9.97 Å². The first kappa shape index (κ1) is 18.9. The zero-order valence-corrected chi connectivity index (χ0v) is 15.5. The summed E-state index contributed by atoms with van der Waals surface area (Å²) in [4.78, 5) is 22.4. The summed E-state index contributed by atoms with van der Waals surface area (Å²) in [7, 11) is 0. The van der Waals surface area contributed by atoms with Crippen LogP contribution in [0.2, 0.25) is 0 Å². The Labute approximate surface area is 149 Å². The Morgan fingerprint density at radius 3 is 2.20 bits per heavy atom. The van der Waals surface area contributed by atoms with Crippen LogP contribution >= 0.6 is 0 Å². The second-order valence-electron chi connectivity index (χ2n) is 6.14. The van der Waals surface area contributed by atoms with Crippen LogP contribution in [0.15, 0.2) is 30.3 Å². The summed E-state index contributed by atoms with van der Waals surface area (Å²) < 4.78 is 0. The van der Waals surface area contributed by atoms with Gasteiger partial charge in [-0.1, -0.05) is 0 Å². The van der Waals surface area contributed by atoms with E-state index >= 15 is 0 Å². The molecule has 0 aliphatic rings. The van der Waals surface area contributed by atoms with Crippen molar-refractivity contribution in [2.75, 3.05) is 31.5 Å². The molecule has 1 heterocycles. The summed E-state index contributed by atoms with van der Waals surface area (Å²) in [5, 5.41) is 6.15. The van der Waals surface area contributed by atoms with Gasteiger partial charge >= 0.3 is 0 Å². The highest BCUT2D eigenvalue weighted by Crippen LogP contribution is 2.14. The molecule has 0 spiro atoms. The van der Waals surface area contributed by atoms with Crippen molar-refractivity contribution in [2.24, 2.45) is 0 Å². The maximum absolute atomic E-state index is 12.2. The van der Waals surface area contributed by atoms with Gasteiger partial charge < -0.3 is 15.5 Å². The third kappa shape index (κ3) is 5.83. The van der Waals surface area contributed by atoms with Crippen LogP contribution in [0.4, 0.5) is 11.6 Å². The minimum atomic E-state index is -0.0410. The van der Waals surface area contributed by atoms with E-state index < -0.39 is 0 Å². The van der Waals surface area contributed by atoms with Crippen LogP contribution in [-0.2, 0) is 0 Å². The van der Waals surface area contributed by atoms with Crippen LogP contribution in [0, 0.1) is 13.8 Å². The SMILES string of the molecule is CC[NH+](CC)CCNC(=O)c1ccc(Nc2nc(C)cc(C)n2)cc1. The van der Waals surface area contributed by atoms with Crippen LogP contribution < -0.4 is 15.5 Å². The first-order chi connectivity index (χ1) is 12.0. The van der Waals surface area contributed by atoms with Gasteiger partial charge in [-0.15, -0.1) is 0 Å². The summed E-state index contributed by atoms with van der Waals surface area (Å²) >= 11 is 0. The summed E-state index contributed by atoms with van der Waals surface area (Å²) in [6.07, 6.45) is 0. The molecule has 0 atom stereocenters. The number of anilines is 2. The normalized spacial score (nSPS) is 10.8. The van der Waals surface area contributed by atoms with E-state index in [1.54, 1.807) is 0 Å². The summed E-state index contributed by atoms with van der Waals surface area (Å²) in [6, 6.07) is 9.28. The molecular formula is C19H28N5O+. The fourth-order valence-electron chi connectivity index (χ4n) is 2.67. The van der Waals surface area contributed by atoms with Gasteiger partial charge in [0.15, 0.2) is 0 Å². The Hall–Kier alpha value is -2.47. The van der Waals surface area contributed by atoms with Crippen molar-refractivity contribution in [3.05, 3.63) is 47.3 Å². The topological polar surface area (TPSA) is 71.3 Å². The van der Waals surface area contributed by atoms with Crippen LogP contribution in [0.3, 0.4) is 0 Å². The number of amides is 1. The monoisotopic (exact) mass is 342 g/mol. The van der Waals surface area contributed by atoms with Crippen LogP contribution in [-0.4, -0.2) is 42.1 Å². The van der Waals surface area contributed by atoms with E-state index in [4.69, 9.17) is 0 Å². The first-order valence-corrected chi connectivity index (χ1v) is 8.83. The number of nitrogens with one attached hydrogen (secondary N) is 3. The minimum Gasteiger partial charge on any atom is -0.346 e. The largest absolute Gasteiger partial charge is 0.346 e. The summed E-state index contributed by atoms with van der Waals surface area (Å²) in [5.41, 5.74) is 3.35. The van der Waals surface area contributed by atoms with Crippen molar-refractivity contribution in [1.29, 1.82) is 0 Å². The van der Waals surface area contributed by atoms with Crippen molar-refractivity contribution in [3.8, 4) is 0 Å². The molecule has 0 radical (unpaired) electrons. The van der Waals surface area contributed by atoms with E-state index in [-0.39, 0.29) is 5.91 Å². The summed E-state index contributed by atoms with van der Waals surface area (Å²) in [5.74, 6) is 0.526. The van der Waals surface area contributed by atoms with Crippen LogP contribution in [0.1, 0.15) is 35.6 Å². The molecule has 0 unspecified atom stereocenters. The predicted octanol–water partition coefficient (Wildman–Crippen LogP) is 1.49. The molecule has 25 heavy (non-hydrogen) atoms. The highest BCUT2D eigenvalue weighted by Gasteiger charge is 2.08. The van der Waals surface area contributed by atoms with E-state index in [2.05, 4.69) is 34.4 Å². The van der Waals surface area contributed by atoms with Gasteiger partial charge in [-0.3, -0.25) is 4.79 Å². The van der Waals surface area contributed by atoms with Gasteiger partial charge in [0.25, 0.3) is 5.91 Å². The smallest absolute Gasteiger partial charge is 0.251 e. The Morgan fingerprint density at radius 2 is 1.64 bits per heavy atom. The second kappa shape index (κ2) is 9.13. The van der Waals surface area contributed by atoms with Crippen molar-refractivity contribution in [1.82, 2.24) is 15.3 Å². The molecule has 0 saturated heterocycles. The lowest BCUT2D eigenvalue weighted by molar-refractivity contribution is -0.895. The number of hydrogen-bond acceptors (Lipinski definition) is 4. The van der Waals surface area contributed by atoms with Gasteiger partial charge in [-0.05, 0) is 58.0 Å². The lowest BCUT2D eigenvalue weighted by Crippen LogP contribution is -3.12. The molecule has 1 amide bonds. The molecule has 6 nitrogen and oxygen atoms in total. The Kier molecular flexibility index (Phi) is 6.89. The molecule has 0 bridgehead atoms. The maximum atomic E-state index is 12.2. The highest BCUT2D eigenvalue weighted by atomic mass is 16.1. The zero-order chi connectivity index (χ0) is 18.2. The average Bonchev–Trinajstić information content (AvgIpc) is 2.58. The van der Waals surface area contributed by atoms with Gasteiger partial charge in [0.2, 0.25) is 5.95 Å². The molecule has 134 valence electrons. The zero-order valence-electron chi connectivity index (χ0n) is 15.5. The standard InChI is InChI=1S/C19H27N5O/c1-5-24(6-2)12-11-20-18(25)16-7-9-17(10-8-16)23-19-21-14(3)13-15(4)22-19/h7-10,13H,5-6,11-12H2,1-4H3,(H,20,25)(H,21,22,23)/p+1. The molecule has 0 aliphatic heterocycles. The number of aromatic nitrogens is 2. The highest BCUT2D eigenvalue weighted by molar-refractivity contribution is 5.94. The van der Waals surface area contributed by atoms with Crippen LogP contribution in [0.25, 0.3) is 0 Å². The fourth-order valence-corrected chi connectivity index (χ4v) is 2.67. The average molecular weight is 342 g/mol. The molecule has 2 rings (SSSR count). The molecule has 3 N–H and O–H groups in total. The Bertz CT molecular complexity index is 675. The van der Waals surface area contributed by atoms with E-state index in [9.17, 15) is 4.79 Å². The molecule has 0 saturated carbocycles. The fraction of sp³-hybridized carbons (Fsp3) is 0.421. The molecule has 6 heteroatoms. The number of hydrogen-bond donors (Lipinski definition) is 3. The lowest BCUT2D eigenvalue weighted by atomic mass is 10.2. The number of aryl methyl sites for hydroxylation is 2. The second-order valence-corrected chi connectivity index (χ2v) is 6.14. The molecule has 0 aliphatic carbocycles. The number of nitrogens with zero attached hydrogens (tertiary/aromatic N) is 2. The van der Waals surface area contributed by atoms with Crippen molar-refractivity contribution >= 4 is 17.5 Å². The molecule has 1 aromatic carbocycles. The van der Waals surface area contributed by atoms with Gasteiger partial charge in [-0.2, -0.15) is 0 Å². The lowest BCUT2D eigenvalue weighted by Gasteiger charge is -2.15. The molecular weight excluding hydrogens is 314 g/mol. The molecule has 1 aromatic heterocycles. The van der Waals surface area contributed by atoms with Crippen LogP contribution in [0.5, 0.6) is 0 Å². The maximum Gasteiger partial charge on any atom is 0.251 e. The number of carbonyl (C=O) groups is 1. The molecule has 0 fully saturated rings. The number of benzene rings is 1. The number of likely N-dealkylation sites (N-methyl/N-ethyl adjacent to an activating group) is 1. The third-order valence-electron chi connectivity index (χ3n) is 4.15. The Balaban J connectivity index is 1.91. The van der Waals surface area contributed by atoms with Crippen molar-refractivity contribution < 1.29 is 9.69 Å². The molecule has 2 aromatic rings. The van der Waals surface area contributed by atoms with E-state index in [1.807, 2.05) is 44.2 Å². The predicted molar refractivity (Wildman–Crippen MR) is 100 cm³/mol. The van der Waals surface area contributed by atoms with Gasteiger partial charge in [0.05, 0.1) is 26.2 Å². The van der Waals surface area contributed by atoms with E-state index in [1.165, 1.54) is 4.90 Å². The third-order valence-corrected chi connectivity index (χ3v) is 4.15. The van der Waals surface area contributed by atoms with Crippen molar-refractivity contribution in [2.45, 2.75) is 27.7 Å².